The van der Waals surface area contributed by atoms with E-state index in [-0.39, 0.29) is 11.8 Å². The third-order valence-electron chi connectivity index (χ3n) is 4.12. The highest BCUT2D eigenvalue weighted by Crippen LogP contribution is 2.40. The van der Waals surface area contributed by atoms with Crippen molar-refractivity contribution in [3.8, 4) is 0 Å². The molecule has 4 heteroatoms. The highest BCUT2D eigenvalue weighted by Gasteiger charge is 2.30. The Morgan fingerprint density at radius 3 is 2.57 bits per heavy atom. The second-order valence-corrected chi connectivity index (χ2v) is 6.25. The van der Waals surface area contributed by atoms with E-state index in [0.29, 0.717) is 10.0 Å². The molecule has 0 spiro atoms. The maximum Gasteiger partial charge on any atom is 0.0899 e. The second-order valence-electron chi connectivity index (χ2n) is 5.44. The molecule has 108 valence electrons. The molecular formula is C17H15Cl2NO. The van der Waals surface area contributed by atoms with E-state index in [1.807, 2.05) is 36.4 Å². The summed E-state index contributed by atoms with van der Waals surface area (Å²) in [6, 6.07) is 13.8. The standard InChI is InChI=1S/C17H15Cl2NO/c1-10-8-14(11-6-7-15(18)16(19)9-11)12-4-2-3-5-13(12)17(10)20-21/h2-7,9-10,14,21H,8H2,1H3/b20-17-/t10-,14+/m1/s1. The van der Waals surface area contributed by atoms with Gasteiger partial charge >= 0.3 is 0 Å². The Hall–Kier alpha value is -1.51. The number of oxime groups is 1. The van der Waals surface area contributed by atoms with Crippen LogP contribution < -0.4 is 0 Å². The average molecular weight is 320 g/mol. The fraction of sp³-hybridized carbons (Fsp3) is 0.235. The number of fused-ring (bicyclic) bond motifs is 1. The topological polar surface area (TPSA) is 32.6 Å². The molecule has 0 unspecified atom stereocenters. The maximum absolute atomic E-state index is 9.29. The van der Waals surface area contributed by atoms with E-state index in [1.165, 1.54) is 5.56 Å². The van der Waals surface area contributed by atoms with E-state index < -0.39 is 0 Å². The number of rotatable bonds is 1. The number of halogens is 2. The van der Waals surface area contributed by atoms with Crippen molar-refractivity contribution in [3.63, 3.8) is 0 Å². The Morgan fingerprint density at radius 2 is 1.86 bits per heavy atom. The van der Waals surface area contributed by atoms with Gasteiger partial charge in [-0.2, -0.15) is 0 Å². The summed E-state index contributed by atoms with van der Waals surface area (Å²) in [4.78, 5) is 0. The summed E-state index contributed by atoms with van der Waals surface area (Å²) in [6.45, 7) is 2.08. The van der Waals surface area contributed by atoms with E-state index in [0.717, 1.165) is 23.3 Å². The van der Waals surface area contributed by atoms with Gasteiger partial charge in [-0.05, 0) is 29.7 Å². The van der Waals surface area contributed by atoms with E-state index in [4.69, 9.17) is 23.2 Å². The summed E-state index contributed by atoms with van der Waals surface area (Å²) in [7, 11) is 0. The third-order valence-corrected chi connectivity index (χ3v) is 4.86. The molecule has 1 N–H and O–H groups in total. The van der Waals surface area contributed by atoms with Crippen LogP contribution in [0.3, 0.4) is 0 Å². The minimum atomic E-state index is 0.185. The smallest absolute Gasteiger partial charge is 0.0899 e. The van der Waals surface area contributed by atoms with Crippen molar-refractivity contribution in [2.24, 2.45) is 11.1 Å². The Kier molecular flexibility index (Phi) is 3.92. The van der Waals surface area contributed by atoms with E-state index in [9.17, 15) is 5.21 Å². The maximum atomic E-state index is 9.29. The van der Waals surface area contributed by atoms with Gasteiger partial charge in [0.2, 0.25) is 0 Å². The Bertz CT molecular complexity index is 712. The third kappa shape index (κ3) is 2.54. The van der Waals surface area contributed by atoms with Gasteiger partial charge in [0.1, 0.15) is 0 Å². The number of hydrogen-bond donors (Lipinski definition) is 1. The molecule has 0 aromatic heterocycles. The van der Waals surface area contributed by atoms with Gasteiger partial charge in [-0.15, -0.1) is 0 Å². The van der Waals surface area contributed by atoms with Gasteiger partial charge in [0.15, 0.2) is 0 Å². The minimum absolute atomic E-state index is 0.185. The lowest BCUT2D eigenvalue weighted by atomic mass is 9.73. The molecule has 0 saturated carbocycles. The molecule has 2 nitrogen and oxygen atoms in total. The van der Waals surface area contributed by atoms with Crippen LogP contribution in [0.25, 0.3) is 0 Å². The van der Waals surface area contributed by atoms with Gasteiger partial charge < -0.3 is 5.21 Å². The first-order chi connectivity index (χ1) is 10.1. The highest BCUT2D eigenvalue weighted by atomic mass is 35.5. The van der Waals surface area contributed by atoms with Gasteiger partial charge in [0.25, 0.3) is 0 Å². The van der Waals surface area contributed by atoms with Crippen LogP contribution in [0.5, 0.6) is 0 Å². The second kappa shape index (κ2) is 5.70. The predicted octanol–water partition coefficient (Wildman–Crippen LogP) is 5.34. The largest absolute Gasteiger partial charge is 0.411 e. The number of hydrogen-bond acceptors (Lipinski definition) is 2. The fourth-order valence-electron chi connectivity index (χ4n) is 3.09. The van der Waals surface area contributed by atoms with Crippen molar-refractivity contribution in [2.45, 2.75) is 19.3 Å². The van der Waals surface area contributed by atoms with Crippen molar-refractivity contribution in [1.29, 1.82) is 0 Å². The quantitative estimate of drug-likeness (QED) is 0.558. The summed E-state index contributed by atoms with van der Waals surface area (Å²) in [5, 5.41) is 13.9. The zero-order valence-electron chi connectivity index (χ0n) is 11.6. The summed E-state index contributed by atoms with van der Waals surface area (Å²) >= 11 is 12.2. The van der Waals surface area contributed by atoms with Gasteiger partial charge in [-0.25, -0.2) is 0 Å². The molecule has 2 atom stereocenters. The number of benzene rings is 2. The molecule has 1 aliphatic carbocycles. The lowest BCUT2D eigenvalue weighted by Gasteiger charge is -2.30. The SMILES string of the molecule is C[C@@H]1C[C@@H](c2ccc(Cl)c(Cl)c2)c2ccccc2/C1=N\O. The van der Waals surface area contributed by atoms with Crippen LogP contribution >= 0.6 is 23.2 Å². The molecule has 0 bridgehead atoms. The van der Waals surface area contributed by atoms with Crippen LogP contribution in [-0.2, 0) is 0 Å². The van der Waals surface area contributed by atoms with Crippen molar-refractivity contribution < 1.29 is 5.21 Å². The monoisotopic (exact) mass is 319 g/mol. The van der Waals surface area contributed by atoms with Crippen LogP contribution in [0.4, 0.5) is 0 Å². The number of nitrogens with zero attached hydrogens (tertiary/aromatic N) is 1. The van der Waals surface area contributed by atoms with Gasteiger partial charge in [0, 0.05) is 17.4 Å². The lowest BCUT2D eigenvalue weighted by molar-refractivity contribution is 0.314. The summed E-state index contributed by atoms with van der Waals surface area (Å²) in [6.07, 6.45) is 0.883. The summed E-state index contributed by atoms with van der Waals surface area (Å²) in [5.41, 5.74) is 4.07. The molecule has 2 aromatic rings. The van der Waals surface area contributed by atoms with Gasteiger partial charge in [0.05, 0.1) is 15.8 Å². The van der Waals surface area contributed by atoms with Gasteiger partial charge in [-0.3, -0.25) is 0 Å². The average Bonchev–Trinajstić information content (AvgIpc) is 2.49. The minimum Gasteiger partial charge on any atom is -0.411 e. The fourth-order valence-corrected chi connectivity index (χ4v) is 3.40. The highest BCUT2D eigenvalue weighted by molar-refractivity contribution is 6.42. The van der Waals surface area contributed by atoms with E-state index in [1.54, 1.807) is 0 Å². The van der Waals surface area contributed by atoms with Crippen LogP contribution in [0.2, 0.25) is 10.0 Å². The Balaban J connectivity index is 2.13. The molecule has 0 aliphatic heterocycles. The van der Waals surface area contributed by atoms with E-state index >= 15 is 0 Å². The lowest BCUT2D eigenvalue weighted by Crippen LogP contribution is -2.25. The first-order valence-electron chi connectivity index (χ1n) is 6.88. The molecule has 0 fully saturated rings. The summed E-state index contributed by atoms with van der Waals surface area (Å²) < 4.78 is 0. The van der Waals surface area contributed by atoms with Crippen molar-refractivity contribution in [2.75, 3.05) is 0 Å². The first-order valence-corrected chi connectivity index (χ1v) is 7.63. The zero-order chi connectivity index (χ0) is 15.0. The Labute approximate surface area is 134 Å². The first kappa shape index (κ1) is 14.4. The Morgan fingerprint density at radius 1 is 1.10 bits per heavy atom. The normalized spacial score (nSPS) is 23.1. The van der Waals surface area contributed by atoms with Crippen molar-refractivity contribution >= 4 is 28.9 Å². The molecule has 0 saturated heterocycles. The summed E-state index contributed by atoms with van der Waals surface area (Å²) in [5.74, 6) is 0.417. The predicted molar refractivity (Wildman–Crippen MR) is 86.9 cm³/mol. The molecule has 21 heavy (non-hydrogen) atoms. The van der Waals surface area contributed by atoms with E-state index in [2.05, 4.69) is 18.1 Å². The van der Waals surface area contributed by atoms with Crippen LogP contribution in [0.15, 0.2) is 47.6 Å². The van der Waals surface area contributed by atoms with Crippen molar-refractivity contribution in [3.05, 3.63) is 69.2 Å². The van der Waals surface area contributed by atoms with Crippen LogP contribution in [-0.4, -0.2) is 10.9 Å². The molecule has 3 rings (SSSR count). The molecular weight excluding hydrogens is 305 g/mol. The van der Waals surface area contributed by atoms with Crippen LogP contribution in [0.1, 0.15) is 36.0 Å². The van der Waals surface area contributed by atoms with Crippen molar-refractivity contribution in [1.82, 2.24) is 0 Å². The van der Waals surface area contributed by atoms with Gasteiger partial charge in [-0.1, -0.05) is 65.6 Å². The molecule has 0 radical (unpaired) electrons. The van der Waals surface area contributed by atoms with Crippen LogP contribution in [0, 0.1) is 5.92 Å². The zero-order valence-corrected chi connectivity index (χ0v) is 13.1. The molecule has 0 amide bonds. The molecule has 2 aromatic carbocycles. The molecule has 1 aliphatic rings. The molecule has 0 heterocycles.